The van der Waals surface area contributed by atoms with E-state index >= 15 is 0 Å². The fourth-order valence-corrected chi connectivity index (χ4v) is 2.43. The lowest BCUT2D eigenvalue weighted by atomic mass is 9.99. The van der Waals surface area contributed by atoms with Gasteiger partial charge in [0.25, 0.3) is 0 Å². The van der Waals surface area contributed by atoms with E-state index in [-0.39, 0.29) is 0 Å². The number of piperidine rings is 1. The third-order valence-corrected chi connectivity index (χ3v) is 3.90. The molecule has 100 valence electrons. The molecule has 1 fully saturated rings. The largest absolute Gasteiger partial charge is 0.399 e. The number of nitrogen functional groups attached to an aromatic ring is 1. The van der Waals surface area contributed by atoms with E-state index in [9.17, 15) is 0 Å². The average Bonchev–Trinajstić information content (AvgIpc) is 2.36. The second kappa shape index (κ2) is 6.10. The zero-order valence-electron chi connectivity index (χ0n) is 11.6. The maximum atomic E-state index is 5.81. The van der Waals surface area contributed by atoms with Crippen LogP contribution in [0.3, 0.4) is 0 Å². The molecular weight excluding hydrogens is 222 g/mol. The van der Waals surface area contributed by atoms with Crippen molar-refractivity contribution in [1.82, 2.24) is 4.90 Å². The highest BCUT2D eigenvalue weighted by Gasteiger charge is 2.14. The zero-order valence-corrected chi connectivity index (χ0v) is 11.6. The number of rotatable bonds is 4. The average molecular weight is 247 g/mol. The molecule has 0 aliphatic carbocycles. The van der Waals surface area contributed by atoms with Crippen LogP contribution in [0.5, 0.6) is 0 Å². The van der Waals surface area contributed by atoms with Gasteiger partial charge < -0.3 is 16.0 Å². The fraction of sp³-hybridized carbons (Fsp3) is 0.600. The first kappa shape index (κ1) is 13.2. The van der Waals surface area contributed by atoms with Crippen molar-refractivity contribution >= 4 is 11.4 Å². The molecule has 0 bridgehead atoms. The Balaban J connectivity index is 1.73. The van der Waals surface area contributed by atoms with E-state index in [1.54, 1.807) is 0 Å². The van der Waals surface area contributed by atoms with Crippen molar-refractivity contribution in [1.29, 1.82) is 0 Å². The van der Waals surface area contributed by atoms with Gasteiger partial charge in [0.2, 0.25) is 0 Å². The predicted molar refractivity (Wildman–Crippen MR) is 78.9 cm³/mol. The molecule has 1 aliphatic heterocycles. The van der Waals surface area contributed by atoms with Crippen molar-refractivity contribution in [3.8, 4) is 0 Å². The Morgan fingerprint density at radius 1 is 1.33 bits per heavy atom. The summed E-state index contributed by atoms with van der Waals surface area (Å²) in [7, 11) is 0. The van der Waals surface area contributed by atoms with E-state index in [1.165, 1.54) is 31.6 Å². The highest BCUT2D eigenvalue weighted by atomic mass is 15.1. The fourth-order valence-electron chi connectivity index (χ4n) is 2.43. The maximum absolute atomic E-state index is 5.81. The topological polar surface area (TPSA) is 41.3 Å². The van der Waals surface area contributed by atoms with Crippen LogP contribution in [0.1, 0.15) is 25.3 Å². The predicted octanol–water partition coefficient (Wildman–Crippen LogP) is 2.72. The molecule has 0 unspecified atom stereocenters. The van der Waals surface area contributed by atoms with Crippen LogP contribution < -0.4 is 11.1 Å². The molecule has 0 radical (unpaired) electrons. The quantitative estimate of drug-likeness (QED) is 0.804. The van der Waals surface area contributed by atoms with Crippen LogP contribution in [0.2, 0.25) is 0 Å². The Bertz CT molecular complexity index is 381. The Morgan fingerprint density at radius 2 is 2.06 bits per heavy atom. The second-order valence-electron chi connectivity index (χ2n) is 5.52. The summed E-state index contributed by atoms with van der Waals surface area (Å²) < 4.78 is 0. The minimum atomic E-state index is 0.866. The Kier molecular flexibility index (Phi) is 4.48. The summed E-state index contributed by atoms with van der Waals surface area (Å²) in [6.45, 7) is 9.06. The third kappa shape index (κ3) is 3.64. The first-order valence-corrected chi connectivity index (χ1v) is 6.97. The molecule has 3 heteroatoms. The van der Waals surface area contributed by atoms with Crippen LogP contribution in [-0.4, -0.2) is 31.1 Å². The first-order valence-electron chi connectivity index (χ1n) is 6.97. The number of nitrogens with zero attached hydrogens (tertiary/aromatic N) is 1. The van der Waals surface area contributed by atoms with Crippen LogP contribution in [0, 0.1) is 12.8 Å². The molecule has 0 saturated carbocycles. The summed E-state index contributed by atoms with van der Waals surface area (Å²) in [5.41, 5.74) is 9.00. The molecule has 3 nitrogen and oxygen atoms in total. The molecule has 1 aliphatic rings. The lowest BCUT2D eigenvalue weighted by Crippen LogP contribution is -2.36. The second-order valence-corrected chi connectivity index (χ2v) is 5.52. The maximum Gasteiger partial charge on any atom is 0.0345 e. The van der Waals surface area contributed by atoms with Crippen LogP contribution in [0.4, 0.5) is 11.4 Å². The molecule has 2 rings (SSSR count). The van der Waals surface area contributed by atoms with Crippen molar-refractivity contribution in [2.75, 3.05) is 37.2 Å². The number of hydrogen-bond donors (Lipinski definition) is 2. The lowest BCUT2D eigenvalue weighted by molar-refractivity contribution is 0.199. The summed E-state index contributed by atoms with van der Waals surface area (Å²) in [5, 5.41) is 3.47. The van der Waals surface area contributed by atoms with E-state index in [4.69, 9.17) is 5.73 Å². The molecule has 1 aromatic rings. The molecule has 18 heavy (non-hydrogen) atoms. The van der Waals surface area contributed by atoms with E-state index in [1.807, 2.05) is 13.0 Å². The van der Waals surface area contributed by atoms with Crippen molar-refractivity contribution in [3.63, 3.8) is 0 Å². The SMILES string of the molecule is Cc1cc(NCCN2CCC(C)CC2)ccc1N. The van der Waals surface area contributed by atoms with Gasteiger partial charge in [-0.2, -0.15) is 0 Å². The normalized spacial score (nSPS) is 17.9. The lowest BCUT2D eigenvalue weighted by Gasteiger charge is -2.30. The summed E-state index contributed by atoms with van der Waals surface area (Å²) in [6, 6.07) is 6.15. The van der Waals surface area contributed by atoms with Crippen molar-refractivity contribution in [2.45, 2.75) is 26.7 Å². The molecule has 0 amide bonds. The summed E-state index contributed by atoms with van der Waals surface area (Å²) in [4.78, 5) is 2.55. The molecule has 1 heterocycles. The molecule has 1 aromatic carbocycles. The van der Waals surface area contributed by atoms with Crippen LogP contribution >= 0.6 is 0 Å². The van der Waals surface area contributed by atoms with E-state index in [2.05, 4.69) is 29.3 Å². The van der Waals surface area contributed by atoms with E-state index in [0.29, 0.717) is 0 Å². The van der Waals surface area contributed by atoms with Crippen molar-refractivity contribution < 1.29 is 0 Å². The standard InChI is InChI=1S/C15H25N3/c1-12-5-8-18(9-6-12)10-7-17-14-3-4-15(16)13(2)11-14/h3-4,11-12,17H,5-10,16H2,1-2H3. The number of benzene rings is 1. The van der Waals surface area contributed by atoms with Crippen molar-refractivity contribution in [2.24, 2.45) is 5.92 Å². The minimum Gasteiger partial charge on any atom is -0.399 e. The van der Waals surface area contributed by atoms with Gasteiger partial charge in [0.05, 0.1) is 0 Å². The molecular formula is C15H25N3. The summed E-state index contributed by atoms with van der Waals surface area (Å²) in [5.74, 6) is 0.911. The zero-order chi connectivity index (χ0) is 13.0. The van der Waals surface area contributed by atoms with Crippen LogP contribution in [0.15, 0.2) is 18.2 Å². The monoisotopic (exact) mass is 247 g/mol. The van der Waals surface area contributed by atoms with Gasteiger partial charge in [0.1, 0.15) is 0 Å². The van der Waals surface area contributed by atoms with Gasteiger partial charge in [-0.3, -0.25) is 0 Å². The highest BCUT2D eigenvalue weighted by Crippen LogP contribution is 2.17. The van der Waals surface area contributed by atoms with Gasteiger partial charge in [-0.1, -0.05) is 6.92 Å². The van der Waals surface area contributed by atoms with Gasteiger partial charge >= 0.3 is 0 Å². The molecule has 0 atom stereocenters. The minimum absolute atomic E-state index is 0.866. The van der Waals surface area contributed by atoms with Gasteiger partial charge in [0.15, 0.2) is 0 Å². The van der Waals surface area contributed by atoms with Crippen molar-refractivity contribution in [3.05, 3.63) is 23.8 Å². The number of likely N-dealkylation sites (tertiary alicyclic amines) is 1. The summed E-state index contributed by atoms with van der Waals surface area (Å²) >= 11 is 0. The number of hydrogen-bond acceptors (Lipinski definition) is 3. The first-order chi connectivity index (χ1) is 8.65. The molecule has 0 aromatic heterocycles. The van der Waals surface area contributed by atoms with Crippen LogP contribution in [0.25, 0.3) is 0 Å². The van der Waals surface area contributed by atoms with Crippen LogP contribution in [-0.2, 0) is 0 Å². The van der Waals surface area contributed by atoms with Gasteiger partial charge in [0, 0.05) is 24.5 Å². The molecule has 3 N–H and O–H groups in total. The Labute approximate surface area is 110 Å². The van der Waals surface area contributed by atoms with E-state index in [0.717, 1.165) is 30.3 Å². The van der Waals surface area contributed by atoms with Gasteiger partial charge in [-0.05, 0) is 62.5 Å². The van der Waals surface area contributed by atoms with Gasteiger partial charge in [-0.25, -0.2) is 0 Å². The number of nitrogens with one attached hydrogen (secondary N) is 1. The smallest absolute Gasteiger partial charge is 0.0345 e. The van der Waals surface area contributed by atoms with E-state index < -0.39 is 0 Å². The number of nitrogens with two attached hydrogens (primary N) is 1. The number of aryl methyl sites for hydroxylation is 1. The summed E-state index contributed by atoms with van der Waals surface area (Å²) in [6.07, 6.45) is 2.70. The number of anilines is 2. The van der Waals surface area contributed by atoms with Gasteiger partial charge in [-0.15, -0.1) is 0 Å². The Hall–Kier alpha value is -1.22. The third-order valence-electron chi connectivity index (χ3n) is 3.90. The Morgan fingerprint density at radius 3 is 2.72 bits per heavy atom. The molecule has 0 spiro atoms. The highest BCUT2D eigenvalue weighted by molar-refractivity contribution is 5.56. The molecule has 1 saturated heterocycles.